The first-order valence-corrected chi connectivity index (χ1v) is 10.00. The molecule has 2 amide bonds. The molecule has 1 aromatic heterocycles. The van der Waals surface area contributed by atoms with E-state index < -0.39 is 5.60 Å². The Balaban J connectivity index is 1.26. The first-order valence-electron chi connectivity index (χ1n) is 10.00. The smallest absolute Gasteiger partial charge is 0.315 e. The summed E-state index contributed by atoms with van der Waals surface area (Å²) in [6.45, 7) is 0.331. The Kier molecular flexibility index (Phi) is 5.10. The standard InChI is InChI=1S/C21H29N3O3/c25-13-17(10-15-12-23-19-4-2-1-3-18(15)19)24-20(26)22-8-7-21(27)11-14-5-6-16(21)9-14/h1-4,12,14,16-17,23,25,27H,5-11,13H2,(H2,22,24,26). The SMILES string of the molecule is O=C(NCCC1(O)CC2CCC1C2)NC(CO)Cc1c[nH]c2ccccc12. The van der Waals surface area contributed by atoms with Gasteiger partial charge in [-0.15, -0.1) is 0 Å². The summed E-state index contributed by atoms with van der Waals surface area (Å²) in [5, 5.41) is 27.2. The number of aliphatic hydroxyl groups excluding tert-OH is 1. The summed E-state index contributed by atoms with van der Waals surface area (Å²) in [6.07, 6.45) is 7.46. The lowest BCUT2D eigenvalue weighted by molar-refractivity contribution is -0.0193. The molecular weight excluding hydrogens is 342 g/mol. The molecule has 6 nitrogen and oxygen atoms in total. The summed E-state index contributed by atoms with van der Waals surface area (Å²) >= 11 is 0. The lowest BCUT2D eigenvalue weighted by Gasteiger charge is -2.32. The summed E-state index contributed by atoms with van der Waals surface area (Å²) < 4.78 is 0. The van der Waals surface area contributed by atoms with Gasteiger partial charge >= 0.3 is 6.03 Å². The van der Waals surface area contributed by atoms with Crippen LogP contribution in [-0.2, 0) is 6.42 Å². The van der Waals surface area contributed by atoms with E-state index >= 15 is 0 Å². The fourth-order valence-corrected chi connectivity index (χ4v) is 5.08. The molecule has 4 unspecified atom stereocenters. The topological polar surface area (TPSA) is 97.4 Å². The van der Waals surface area contributed by atoms with Gasteiger partial charge in [-0.05, 0) is 62.0 Å². The van der Waals surface area contributed by atoms with Crippen LogP contribution in [0.15, 0.2) is 30.5 Å². The van der Waals surface area contributed by atoms with Crippen molar-refractivity contribution in [1.29, 1.82) is 0 Å². The van der Waals surface area contributed by atoms with Crippen LogP contribution < -0.4 is 10.6 Å². The minimum atomic E-state index is -0.601. The van der Waals surface area contributed by atoms with Crippen LogP contribution in [0, 0.1) is 11.8 Å². The summed E-state index contributed by atoms with van der Waals surface area (Å²) in [7, 11) is 0. The van der Waals surface area contributed by atoms with Gasteiger partial charge in [0.05, 0.1) is 18.2 Å². The molecular formula is C21H29N3O3. The second-order valence-electron chi connectivity index (χ2n) is 8.28. The minimum absolute atomic E-state index is 0.124. The van der Waals surface area contributed by atoms with Crippen LogP contribution in [-0.4, -0.2) is 46.0 Å². The number of H-pyrrole nitrogens is 1. The van der Waals surface area contributed by atoms with Gasteiger partial charge in [0.2, 0.25) is 0 Å². The third kappa shape index (κ3) is 3.82. The van der Waals surface area contributed by atoms with Gasteiger partial charge in [-0.1, -0.05) is 18.2 Å². The fourth-order valence-electron chi connectivity index (χ4n) is 5.08. The highest BCUT2D eigenvalue weighted by molar-refractivity contribution is 5.83. The van der Waals surface area contributed by atoms with E-state index in [-0.39, 0.29) is 18.7 Å². The molecule has 0 radical (unpaired) electrons. The number of aromatic amines is 1. The molecule has 2 bridgehead atoms. The lowest BCUT2D eigenvalue weighted by atomic mass is 9.82. The van der Waals surface area contributed by atoms with Crippen molar-refractivity contribution >= 4 is 16.9 Å². The number of benzene rings is 1. The molecule has 146 valence electrons. The number of nitrogens with one attached hydrogen (secondary N) is 3. The number of amides is 2. The largest absolute Gasteiger partial charge is 0.394 e. The monoisotopic (exact) mass is 371 g/mol. The van der Waals surface area contributed by atoms with E-state index in [0.29, 0.717) is 31.2 Å². The Labute approximate surface area is 159 Å². The van der Waals surface area contributed by atoms with E-state index in [9.17, 15) is 15.0 Å². The van der Waals surface area contributed by atoms with E-state index in [2.05, 4.69) is 15.6 Å². The van der Waals surface area contributed by atoms with Crippen LogP contribution in [0.3, 0.4) is 0 Å². The van der Waals surface area contributed by atoms with Crippen molar-refractivity contribution in [3.63, 3.8) is 0 Å². The Hall–Kier alpha value is -2.05. The Morgan fingerprint density at radius 1 is 1.33 bits per heavy atom. The highest BCUT2D eigenvalue weighted by Crippen LogP contribution is 2.51. The predicted octanol–water partition coefficient (Wildman–Crippen LogP) is 2.31. The van der Waals surface area contributed by atoms with E-state index in [1.54, 1.807) is 0 Å². The third-order valence-corrected chi connectivity index (χ3v) is 6.48. The number of aromatic nitrogens is 1. The van der Waals surface area contributed by atoms with Crippen LogP contribution in [0.2, 0.25) is 0 Å². The molecule has 4 atom stereocenters. The maximum absolute atomic E-state index is 12.2. The second-order valence-corrected chi connectivity index (χ2v) is 8.28. The Bertz CT molecular complexity index is 805. The van der Waals surface area contributed by atoms with Crippen molar-refractivity contribution in [2.75, 3.05) is 13.2 Å². The maximum atomic E-state index is 12.2. The molecule has 2 aromatic rings. The van der Waals surface area contributed by atoms with Crippen molar-refractivity contribution in [2.45, 2.75) is 50.2 Å². The minimum Gasteiger partial charge on any atom is -0.394 e. The Morgan fingerprint density at radius 3 is 2.93 bits per heavy atom. The van der Waals surface area contributed by atoms with Gasteiger partial charge in [-0.3, -0.25) is 0 Å². The van der Waals surface area contributed by atoms with Crippen molar-refractivity contribution < 1.29 is 15.0 Å². The van der Waals surface area contributed by atoms with Gasteiger partial charge in [0.15, 0.2) is 0 Å². The normalized spacial score (nSPS) is 27.8. The molecule has 2 aliphatic rings. The number of carbonyl (C=O) groups excluding carboxylic acids is 1. The molecule has 0 saturated heterocycles. The third-order valence-electron chi connectivity index (χ3n) is 6.48. The number of rotatable bonds is 7. The van der Waals surface area contributed by atoms with Crippen LogP contribution in [0.5, 0.6) is 0 Å². The zero-order valence-electron chi connectivity index (χ0n) is 15.6. The molecule has 6 heteroatoms. The molecule has 2 saturated carbocycles. The summed E-state index contributed by atoms with van der Waals surface area (Å²) in [4.78, 5) is 15.4. The van der Waals surface area contributed by atoms with Crippen molar-refractivity contribution in [1.82, 2.24) is 15.6 Å². The zero-order chi connectivity index (χ0) is 18.9. The van der Waals surface area contributed by atoms with Crippen LogP contribution in [0.25, 0.3) is 10.9 Å². The zero-order valence-corrected chi connectivity index (χ0v) is 15.6. The lowest BCUT2D eigenvalue weighted by Crippen LogP contribution is -2.46. The molecule has 2 aliphatic carbocycles. The van der Waals surface area contributed by atoms with Crippen LogP contribution in [0.1, 0.15) is 37.7 Å². The summed E-state index contributed by atoms with van der Waals surface area (Å²) in [6, 6.07) is 7.35. The molecule has 27 heavy (non-hydrogen) atoms. The Morgan fingerprint density at radius 2 is 2.19 bits per heavy atom. The number of para-hydroxylation sites is 1. The van der Waals surface area contributed by atoms with Crippen LogP contribution in [0.4, 0.5) is 4.79 Å². The van der Waals surface area contributed by atoms with E-state index in [0.717, 1.165) is 35.7 Å². The number of hydrogen-bond donors (Lipinski definition) is 5. The molecule has 1 heterocycles. The highest BCUT2D eigenvalue weighted by Gasteiger charge is 2.49. The first kappa shape index (κ1) is 18.3. The summed E-state index contributed by atoms with van der Waals surface area (Å²) in [5.74, 6) is 1.07. The number of urea groups is 1. The fraction of sp³-hybridized carbons (Fsp3) is 0.571. The first-order chi connectivity index (χ1) is 13.1. The van der Waals surface area contributed by atoms with Gasteiger partial charge < -0.3 is 25.8 Å². The van der Waals surface area contributed by atoms with Gasteiger partial charge in [0, 0.05) is 23.6 Å². The average Bonchev–Trinajstić information content (AvgIpc) is 3.36. The second kappa shape index (κ2) is 7.52. The molecule has 0 aliphatic heterocycles. The van der Waals surface area contributed by atoms with Gasteiger partial charge in [0.1, 0.15) is 0 Å². The number of hydrogen-bond acceptors (Lipinski definition) is 3. The van der Waals surface area contributed by atoms with E-state index in [1.807, 2.05) is 30.5 Å². The number of carbonyl (C=O) groups is 1. The van der Waals surface area contributed by atoms with Crippen molar-refractivity contribution in [3.05, 3.63) is 36.0 Å². The molecule has 5 N–H and O–H groups in total. The van der Waals surface area contributed by atoms with Gasteiger partial charge in [-0.25, -0.2) is 4.79 Å². The van der Waals surface area contributed by atoms with Crippen molar-refractivity contribution in [2.24, 2.45) is 11.8 Å². The average molecular weight is 371 g/mol. The summed E-state index contributed by atoms with van der Waals surface area (Å²) in [5.41, 5.74) is 1.52. The quantitative estimate of drug-likeness (QED) is 0.517. The van der Waals surface area contributed by atoms with Gasteiger partial charge in [-0.2, -0.15) is 0 Å². The van der Waals surface area contributed by atoms with Crippen LogP contribution >= 0.6 is 0 Å². The number of fused-ring (bicyclic) bond motifs is 3. The van der Waals surface area contributed by atoms with E-state index in [1.165, 1.54) is 6.42 Å². The predicted molar refractivity (Wildman–Crippen MR) is 104 cm³/mol. The number of aliphatic hydroxyl groups is 2. The van der Waals surface area contributed by atoms with Crippen molar-refractivity contribution in [3.8, 4) is 0 Å². The maximum Gasteiger partial charge on any atom is 0.315 e. The van der Waals surface area contributed by atoms with Gasteiger partial charge in [0.25, 0.3) is 0 Å². The molecule has 0 spiro atoms. The molecule has 4 rings (SSSR count). The molecule has 2 fully saturated rings. The molecule has 1 aromatic carbocycles. The van der Waals surface area contributed by atoms with E-state index in [4.69, 9.17) is 0 Å². The highest BCUT2D eigenvalue weighted by atomic mass is 16.3.